The second-order valence-corrected chi connectivity index (χ2v) is 5.26. The molecule has 0 unspecified atom stereocenters. The normalized spacial score (nSPS) is 10.1. The molecule has 7 nitrogen and oxygen atoms in total. The Kier molecular flexibility index (Phi) is 6.08. The first-order chi connectivity index (χ1) is 11.5. The van der Waals surface area contributed by atoms with Crippen LogP contribution in [-0.2, 0) is 4.74 Å². The van der Waals surface area contributed by atoms with Gasteiger partial charge in [-0.2, -0.15) is 0 Å². The predicted octanol–water partition coefficient (Wildman–Crippen LogP) is 2.80. The van der Waals surface area contributed by atoms with Crippen LogP contribution in [0.2, 0.25) is 5.02 Å². The first kappa shape index (κ1) is 17.7. The molecule has 0 spiro atoms. The van der Waals surface area contributed by atoms with Gasteiger partial charge in [0.25, 0.3) is 5.91 Å². The van der Waals surface area contributed by atoms with Crippen molar-refractivity contribution in [1.29, 1.82) is 0 Å². The molecule has 2 aromatic rings. The quantitative estimate of drug-likeness (QED) is 0.780. The first-order valence-electron chi connectivity index (χ1n) is 7.30. The summed E-state index contributed by atoms with van der Waals surface area (Å²) in [6.07, 6.45) is 2.11. The Balaban J connectivity index is 2.22. The van der Waals surface area contributed by atoms with Crippen LogP contribution in [0.1, 0.15) is 34.2 Å². The average Bonchev–Trinajstić information content (AvgIpc) is 2.61. The summed E-state index contributed by atoms with van der Waals surface area (Å²) < 4.78 is 4.68. The molecule has 0 bridgehead atoms. The van der Waals surface area contributed by atoms with Gasteiger partial charge >= 0.3 is 5.97 Å². The van der Waals surface area contributed by atoms with E-state index in [1.807, 2.05) is 6.92 Å². The zero-order valence-electron chi connectivity index (χ0n) is 13.3. The van der Waals surface area contributed by atoms with Crippen LogP contribution in [-0.4, -0.2) is 35.5 Å². The Hall–Kier alpha value is -2.67. The van der Waals surface area contributed by atoms with Crippen molar-refractivity contribution < 1.29 is 14.3 Å². The minimum Gasteiger partial charge on any atom is -0.465 e. The van der Waals surface area contributed by atoms with Crippen LogP contribution < -0.4 is 10.6 Å². The van der Waals surface area contributed by atoms with Crippen molar-refractivity contribution in [3.05, 3.63) is 46.9 Å². The first-order valence-corrected chi connectivity index (χ1v) is 7.68. The van der Waals surface area contributed by atoms with Crippen molar-refractivity contribution in [2.24, 2.45) is 0 Å². The molecule has 0 aliphatic rings. The highest BCUT2D eigenvalue weighted by Crippen LogP contribution is 2.26. The molecule has 1 aromatic heterocycles. The number of carbonyl (C=O) groups is 2. The van der Waals surface area contributed by atoms with E-state index in [0.29, 0.717) is 28.6 Å². The molecule has 1 amide bonds. The Labute approximate surface area is 144 Å². The lowest BCUT2D eigenvalue weighted by molar-refractivity contribution is 0.0600. The van der Waals surface area contributed by atoms with E-state index in [4.69, 9.17) is 11.6 Å². The fourth-order valence-corrected chi connectivity index (χ4v) is 2.05. The second kappa shape index (κ2) is 8.26. The molecule has 0 aliphatic heterocycles. The molecule has 8 heteroatoms. The average molecular weight is 349 g/mol. The number of nitrogens with zero attached hydrogens (tertiary/aromatic N) is 2. The number of carbonyl (C=O) groups excluding carboxylic acids is 2. The largest absolute Gasteiger partial charge is 0.465 e. The SMILES string of the molecule is CCCNC(=O)c1cc(Nc2cc(C(=O)OC)ccc2Cl)ncn1. The maximum absolute atomic E-state index is 11.9. The van der Waals surface area contributed by atoms with Gasteiger partial charge in [-0.05, 0) is 24.6 Å². The summed E-state index contributed by atoms with van der Waals surface area (Å²) in [5.74, 6) is -0.371. The van der Waals surface area contributed by atoms with Crippen LogP contribution in [0, 0.1) is 0 Å². The molecule has 2 N–H and O–H groups in total. The van der Waals surface area contributed by atoms with E-state index < -0.39 is 5.97 Å². The van der Waals surface area contributed by atoms with E-state index in [9.17, 15) is 9.59 Å². The van der Waals surface area contributed by atoms with Gasteiger partial charge in [0.1, 0.15) is 17.8 Å². The van der Waals surface area contributed by atoms with E-state index >= 15 is 0 Å². The fourth-order valence-electron chi connectivity index (χ4n) is 1.88. The van der Waals surface area contributed by atoms with Crippen molar-refractivity contribution in [2.75, 3.05) is 19.0 Å². The van der Waals surface area contributed by atoms with Gasteiger partial charge in [0.2, 0.25) is 0 Å². The van der Waals surface area contributed by atoms with Crippen LogP contribution in [0.4, 0.5) is 11.5 Å². The highest BCUT2D eigenvalue weighted by molar-refractivity contribution is 6.33. The maximum atomic E-state index is 11.9. The number of methoxy groups -OCH3 is 1. The van der Waals surface area contributed by atoms with Gasteiger partial charge in [-0.15, -0.1) is 0 Å². The molecule has 0 aliphatic carbocycles. The highest BCUT2D eigenvalue weighted by Gasteiger charge is 2.11. The summed E-state index contributed by atoms with van der Waals surface area (Å²) >= 11 is 6.13. The smallest absolute Gasteiger partial charge is 0.337 e. The van der Waals surface area contributed by atoms with Crippen LogP contribution in [0.3, 0.4) is 0 Å². The monoisotopic (exact) mass is 348 g/mol. The minimum atomic E-state index is -0.475. The molecular formula is C16H17ClN4O3. The molecule has 126 valence electrons. The summed E-state index contributed by atoms with van der Waals surface area (Å²) in [6, 6.07) is 6.19. The number of benzene rings is 1. The van der Waals surface area contributed by atoms with E-state index in [1.165, 1.54) is 19.5 Å². The summed E-state index contributed by atoms with van der Waals surface area (Å²) in [5.41, 5.74) is 1.05. The Morgan fingerprint density at radius 2 is 2.04 bits per heavy atom. The van der Waals surface area contributed by atoms with Crippen LogP contribution in [0.5, 0.6) is 0 Å². The lowest BCUT2D eigenvalue weighted by Crippen LogP contribution is -2.25. The van der Waals surface area contributed by atoms with Crippen LogP contribution >= 0.6 is 11.6 Å². The Morgan fingerprint density at radius 1 is 1.25 bits per heavy atom. The zero-order valence-corrected chi connectivity index (χ0v) is 14.1. The molecule has 1 heterocycles. The number of hydrogen-bond acceptors (Lipinski definition) is 6. The molecule has 2 rings (SSSR count). The summed E-state index contributed by atoms with van der Waals surface area (Å²) in [7, 11) is 1.30. The number of ether oxygens (including phenoxy) is 1. The third kappa shape index (κ3) is 4.42. The van der Waals surface area contributed by atoms with Crippen molar-refractivity contribution >= 4 is 35.0 Å². The van der Waals surface area contributed by atoms with Crippen LogP contribution in [0.25, 0.3) is 0 Å². The molecule has 0 atom stereocenters. The van der Waals surface area contributed by atoms with Crippen molar-refractivity contribution in [2.45, 2.75) is 13.3 Å². The number of rotatable bonds is 6. The Morgan fingerprint density at radius 3 is 2.75 bits per heavy atom. The number of nitrogens with one attached hydrogen (secondary N) is 2. The second-order valence-electron chi connectivity index (χ2n) is 4.86. The third-order valence-corrected chi connectivity index (χ3v) is 3.42. The van der Waals surface area contributed by atoms with Gasteiger partial charge in [0.15, 0.2) is 0 Å². The number of aromatic nitrogens is 2. The number of halogens is 1. The van der Waals surface area contributed by atoms with Gasteiger partial charge in [-0.25, -0.2) is 14.8 Å². The standard InChI is InChI=1S/C16H17ClN4O3/c1-3-6-18-15(22)13-8-14(20-9-19-13)21-12-7-10(16(23)24-2)4-5-11(12)17/h4-5,7-9H,3,6H2,1-2H3,(H,18,22)(H,19,20,21). The van der Waals surface area contributed by atoms with Gasteiger partial charge in [0, 0.05) is 12.6 Å². The van der Waals surface area contributed by atoms with Crippen molar-refractivity contribution in [3.63, 3.8) is 0 Å². The van der Waals surface area contributed by atoms with Gasteiger partial charge in [0.05, 0.1) is 23.4 Å². The van der Waals surface area contributed by atoms with E-state index in [1.54, 1.807) is 18.2 Å². The highest BCUT2D eigenvalue weighted by atomic mass is 35.5. The maximum Gasteiger partial charge on any atom is 0.337 e. The lowest BCUT2D eigenvalue weighted by atomic mass is 10.2. The molecule has 24 heavy (non-hydrogen) atoms. The van der Waals surface area contributed by atoms with Crippen molar-refractivity contribution in [3.8, 4) is 0 Å². The Bertz CT molecular complexity index is 752. The lowest BCUT2D eigenvalue weighted by Gasteiger charge is -2.10. The topological polar surface area (TPSA) is 93.2 Å². The fraction of sp³-hybridized carbons (Fsp3) is 0.250. The number of esters is 1. The molecule has 0 radical (unpaired) electrons. The van der Waals surface area contributed by atoms with E-state index in [0.717, 1.165) is 6.42 Å². The van der Waals surface area contributed by atoms with E-state index in [2.05, 4.69) is 25.3 Å². The third-order valence-electron chi connectivity index (χ3n) is 3.09. The van der Waals surface area contributed by atoms with Gasteiger partial charge in [-0.1, -0.05) is 18.5 Å². The molecule has 0 saturated carbocycles. The molecule has 1 aromatic carbocycles. The number of amides is 1. The molecule has 0 saturated heterocycles. The molecular weight excluding hydrogens is 332 g/mol. The molecule has 0 fully saturated rings. The van der Waals surface area contributed by atoms with Crippen molar-refractivity contribution in [1.82, 2.24) is 15.3 Å². The predicted molar refractivity (Wildman–Crippen MR) is 90.7 cm³/mol. The van der Waals surface area contributed by atoms with Crippen LogP contribution in [0.15, 0.2) is 30.6 Å². The van der Waals surface area contributed by atoms with Gasteiger partial charge in [-0.3, -0.25) is 4.79 Å². The minimum absolute atomic E-state index is 0.237. The number of hydrogen-bond donors (Lipinski definition) is 2. The summed E-state index contributed by atoms with van der Waals surface area (Å²) in [6.45, 7) is 2.53. The summed E-state index contributed by atoms with van der Waals surface area (Å²) in [5, 5.41) is 6.11. The van der Waals surface area contributed by atoms with Gasteiger partial charge < -0.3 is 15.4 Å². The number of anilines is 2. The zero-order chi connectivity index (χ0) is 17.5. The van der Waals surface area contributed by atoms with E-state index in [-0.39, 0.29) is 11.6 Å². The summed E-state index contributed by atoms with van der Waals surface area (Å²) in [4.78, 5) is 31.5.